The van der Waals surface area contributed by atoms with Crippen LogP contribution >= 0.6 is 11.3 Å². The smallest absolute Gasteiger partial charge is 0.254 e. The van der Waals surface area contributed by atoms with Crippen LogP contribution in [-0.2, 0) is 6.42 Å². The highest BCUT2D eigenvalue weighted by molar-refractivity contribution is 7.10. The summed E-state index contributed by atoms with van der Waals surface area (Å²) < 4.78 is 11.0. The van der Waals surface area contributed by atoms with Crippen molar-refractivity contribution in [1.82, 2.24) is 9.88 Å². The third-order valence-electron chi connectivity index (χ3n) is 4.87. The fourth-order valence-corrected chi connectivity index (χ4v) is 4.43. The molecule has 0 aliphatic carbocycles. The van der Waals surface area contributed by atoms with Gasteiger partial charge in [0.05, 0.1) is 20.3 Å². The molecule has 0 spiro atoms. The lowest BCUT2D eigenvalue weighted by Gasteiger charge is -2.37. The maximum atomic E-state index is 13.2. The highest BCUT2D eigenvalue weighted by Crippen LogP contribution is 2.42. The van der Waals surface area contributed by atoms with Crippen LogP contribution in [0.2, 0.25) is 0 Å². The van der Waals surface area contributed by atoms with Crippen LogP contribution in [0.5, 0.6) is 11.5 Å². The standard InChI is InChI=1S/C21H20N2O3S/c1-25-17-12-15-7-10-23(21(24)14-5-8-22-9-6-14)20(19-4-3-11-27-19)16(15)13-18(17)26-2/h3-6,8-9,11-13,20H,7,10H2,1-2H3/t20-/m0/s1. The van der Waals surface area contributed by atoms with E-state index in [0.717, 1.165) is 22.6 Å². The summed E-state index contributed by atoms with van der Waals surface area (Å²) in [6.45, 7) is 0.645. The van der Waals surface area contributed by atoms with Gasteiger partial charge >= 0.3 is 0 Å². The summed E-state index contributed by atoms with van der Waals surface area (Å²) in [5, 5.41) is 2.04. The summed E-state index contributed by atoms with van der Waals surface area (Å²) in [6, 6.07) is 11.5. The lowest BCUT2D eigenvalue weighted by Crippen LogP contribution is -2.40. The number of aromatic nitrogens is 1. The molecule has 0 fully saturated rings. The van der Waals surface area contributed by atoms with Gasteiger partial charge in [-0.1, -0.05) is 6.07 Å². The Morgan fingerprint density at radius 2 is 1.89 bits per heavy atom. The number of pyridine rings is 1. The molecule has 2 aromatic heterocycles. The summed E-state index contributed by atoms with van der Waals surface area (Å²) in [5.74, 6) is 1.40. The molecule has 0 radical (unpaired) electrons. The Bertz CT molecular complexity index is 942. The van der Waals surface area contributed by atoms with Gasteiger partial charge in [0.15, 0.2) is 11.5 Å². The van der Waals surface area contributed by atoms with Crippen LogP contribution in [-0.4, -0.2) is 36.6 Å². The van der Waals surface area contributed by atoms with E-state index in [2.05, 4.69) is 11.1 Å². The van der Waals surface area contributed by atoms with Crippen LogP contribution in [0.1, 0.15) is 32.4 Å². The average molecular weight is 380 g/mol. The minimum atomic E-state index is -0.144. The second-order valence-electron chi connectivity index (χ2n) is 6.31. The number of carbonyl (C=O) groups is 1. The molecule has 0 N–H and O–H groups in total. The largest absolute Gasteiger partial charge is 0.493 e. The number of amides is 1. The maximum absolute atomic E-state index is 13.2. The number of carbonyl (C=O) groups excluding carboxylic acids is 1. The van der Waals surface area contributed by atoms with Crippen LogP contribution in [0, 0.1) is 0 Å². The molecule has 5 nitrogen and oxygen atoms in total. The average Bonchev–Trinajstić information content (AvgIpc) is 3.26. The van der Waals surface area contributed by atoms with Gasteiger partial charge in [0.25, 0.3) is 5.91 Å². The van der Waals surface area contributed by atoms with E-state index >= 15 is 0 Å². The quantitative estimate of drug-likeness (QED) is 0.688. The van der Waals surface area contributed by atoms with Gasteiger partial charge in [0, 0.05) is 29.4 Å². The molecular weight excluding hydrogens is 360 g/mol. The van der Waals surface area contributed by atoms with Crippen molar-refractivity contribution in [3.8, 4) is 11.5 Å². The van der Waals surface area contributed by atoms with Crippen molar-refractivity contribution in [2.45, 2.75) is 12.5 Å². The molecule has 1 aromatic carbocycles. The lowest BCUT2D eigenvalue weighted by atomic mass is 9.90. The van der Waals surface area contributed by atoms with E-state index in [9.17, 15) is 4.79 Å². The Morgan fingerprint density at radius 3 is 2.56 bits per heavy atom. The molecule has 0 unspecified atom stereocenters. The van der Waals surface area contributed by atoms with Gasteiger partial charge in [0.2, 0.25) is 0 Å². The highest BCUT2D eigenvalue weighted by atomic mass is 32.1. The van der Waals surface area contributed by atoms with Gasteiger partial charge in [-0.25, -0.2) is 0 Å². The number of hydrogen-bond acceptors (Lipinski definition) is 5. The van der Waals surface area contributed by atoms with Crippen LogP contribution in [0.3, 0.4) is 0 Å². The number of rotatable bonds is 4. The third kappa shape index (κ3) is 3.17. The van der Waals surface area contributed by atoms with Gasteiger partial charge in [-0.2, -0.15) is 0 Å². The summed E-state index contributed by atoms with van der Waals surface area (Å²) in [7, 11) is 3.27. The number of fused-ring (bicyclic) bond motifs is 1. The molecule has 1 amide bonds. The molecule has 0 bridgehead atoms. The van der Waals surface area contributed by atoms with E-state index in [-0.39, 0.29) is 11.9 Å². The minimum Gasteiger partial charge on any atom is -0.493 e. The number of methoxy groups -OCH3 is 2. The molecule has 3 aromatic rings. The second-order valence-corrected chi connectivity index (χ2v) is 7.29. The number of nitrogens with zero attached hydrogens (tertiary/aromatic N) is 2. The second kappa shape index (κ2) is 7.40. The van der Waals surface area contributed by atoms with E-state index in [0.29, 0.717) is 17.9 Å². The topological polar surface area (TPSA) is 51.7 Å². The van der Waals surface area contributed by atoms with Crippen molar-refractivity contribution < 1.29 is 14.3 Å². The number of thiophene rings is 1. The Morgan fingerprint density at radius 1 is 1.15 bits per heavy atom. The summed E-state index contributed by atoms with van der Waals surface area (Å²) >= 11 is 1.65. The number of benzene rings is 1. The van der Waals surface area contributed by atoms with E-state index in [1.165, 1.54) is 5.56 Å². The van der Waals surface area contributed by atoms with Crippen LogP contribution in [0.15, 0.2) is 54.2 Å². The van der Waals surface area contributed by atoms with Crippen molar-refractivity contribution in [1.29, 1.82) is 0 Å². The third-order valence-corrected chi connectivity index (χ3v) is 5.80. The predicted molar refractivity (Wildman–Crippen MR) is 105 cm³/mol. The van der Waals surface area contributed by atoms with Gasteiger partial charge < -0.3 is 14.4 Å². The van der Waals surface area contributed by atoms with E-state index in [1.807, 2.05) is 28.5 Å². The van der Waals surface area contributed by atoms with Gasteiger partial charge in [-0.05, 0) is 53.3 Å². The first-order valence-corrected chi connectivity index (χ1v) is 9.60. The van der Waals surface area contributed by atoms with E-state index in [1.54, 1.807) is 50.1 Å². The summed E-state index contributed by atoms with van der Waals surface area (Å²) in [4.78, 5) is 20.3. The van der Waals surface area contributed by atoms with Crippen LogP contribution in [0.4, 0.5) is 0 Å². The van der Waals surface area contributed by atoms with Gasteiger partial charge in [0.1, 0.15) is 0 Å². The first-order chi connectivity index (χ1) is 13.2. The molecule has 1 atom stereocenters. The molecule has 138 valence electrons. The number of ether oxygens (including phenoxy) is 2. The van der Waals surface area contributed by atoms with E-state index in [4.69, 9.17) is 9.47 Å². The first kappa shape index (κ1) is 17.5. The zero-order chi connectivity index (χ0) is 18.8. The Hall–Kier alpha value is -2.86. The zero-order valence-electron chi connectivity index (χ0n) is 15.2. The monoisotopic (exact) mass is 380 g/mol. The maximum Gasteiger partial charge on any atom is 0.254 e. The lowest BCUT2D eigenvalue weighted by molar-refractivity contribution is 0.0696. The minimum absolute atomic E-state index is 0.0104. The molecule has 27 heavy (non-hydrogen) atoms. The van der Waals surface area contributed by atoms with Crippen molar-refractivity contribution in [3.63, 3.8) is 0 Å². The van der Waals surface area contributed by atoms with Crippen molar-refractivity contribution in [2.75, 3.05) is 20.8 Å². The molecule has 6 heteroatoms. The van der Waals surface area contributed by atoms with Crippen molar-refractivity contribution in [2.24, 2.45) is 0 Å². The summed E-state index contributed by atoms with van der Waals surface area (Å²) in [6.07, 6.45) is 4.08. The molecule has 3 heterocycles. The Kier molecular flexibility index (Phi) is 4.81. The SMILES string of the molecule is COc1cc2c(cc1OC)[C@@H](c1cccs1)N(C(=O)c1ccncc1)CC2. The molecule has 0 saturated heterocycles. The fraction of sp³-hybridized carbons (Fsp3) is 0.238. The molecule has 4 rings (SSSR count). The molecule has 1 aliphatic heterocycles. The molecule has 1 aliphatic rings. The van der Waals surface area contributed by atoms with Crippen LogP contribution in [0.25, 0.3) is 0 Å². The first-order valence-electron chi connectivity index (χ1n) is 8.72. The summed E-state index contributed by atoms with van der Waals surface area (Å²) in [5.41, 5.74) is 2.92. The predicted octanol–water partition coefficient (Wildman–Crippen LogP) is 3.95. The van der Waals surface area contributed by atoms with Crippen LogP contribution < -0.4 is 9.47 Å². The Balaban J connectivity index is 1.82. The van der Waals surface area contributed by atoms with E-state index < -0.39 is 0 Å². The van der Waals surface area contributed by atoms with Gasteiger partial charge in [-0.3, -0.25) is 9.78 Å². The molecule has 0 saturated carbocycles. The van der Waals surface area contributed by atoms with Crippen molar-refractivity contribution in [3.05, 3.63) is 75.7 Å². The molecular formula is C21H20N2O3S. The van der Waals surface area contributed by atoms with Crippen molar-refractivity contribution >= 4 is 17.2 Å². The number of hydrogen-bond donors (Lipinski definition) is 0. The fourth-order valence-electron chi connectivity index (χ4n) is 3.58. The highest BCUT2D eigenvalue weighted by Gasteiger charge is 2.34. The normalized spacial score (nSPS) is 15.9. The van der Waals surface area contributed by atoms with Gasteiger partial charge in [-0.15, -0.1) is 11.3 Å². The Labute approximate surface area is 162 Å². The zero-order valence-corrected chi connectivity index (χ0v) is 16.0.